The molecule has 290 valence electrons. The van der Waals surface area contributed by atoms with Crippen molar-refractivity contribution < 1.29 is 61.5 Å². The van der Waals surface area contributed by atoms with Gasteiger partial charge in [0.05, 0.1) is 68.2 Å². The average Bonchev–Trinajstić information content (AvgIpc) is 3.11. The van der Waals surface area contributed by atoms with Gasteiger partial charge in [-0.05, 0) is 49.2 Å². The van der Waals surface area contributed by atoms with E-state index in [0.717, 1.165) is 44.9 Å². The zero-order valence-corrected chi connectivity index (χ0v) is 30.2. The zero-order chi connectivity index (χ0) is 37.9. The summed E-state index contributed by atoms with van der Waals surface area (Å²) in [7, 11) is -3.68. The number of hydrogen-bond acceptors (Lipinski definition) is 12. The van der Waals surface area contributed by atoms with Gasteiger partial charge in [0, 0.05) is 25.7 Å². The minimum atomic E-state index is -3.68. The Balaban J connectivity index is 1.53. The topological polar surface area (TPSA) is 226 Å². The van der Waals surface area contributed by atoms with Crippen molar-refractivity contribution in [3.63, 3.8) is 0 Å². The molecule has 0 saturated carbocycles. The normalized spacial score (nSPS) is 11.2. The highest BCUT2D eigenvalue weighted by atomic mass is 32.2. The molecule has 0 aliphatic heterocycles. The molecular formula is C35H51N3O13S. The lowest BCUT2D eigenvalue weighted by atomic mass is 10.1. The highest BCUT2D eigenvalue weighted by Gasteiger charge is 2.17. The number of aliphatic carboxylic acids is 2. The van der Waals surface area contributed by atoms with Crippen molar-refractivity contribution in [1.82, 2.24) is 15.6 Å². The number of pyridine rings is 1. The van der Waals surface area contributed by atoms with Crippen molar-refractivity contribution >= 4 is 33.6 Å². The lowest BCUT2D eigenvalue weighted by Crippen LogP contribution is -2.31. The third-order valence-corrected chi connectivity index (χ3v) is 8.88. The van der Waals surface area contributed by atoms with Crippen LogP contribution in [0.3, 0.4) is 0 Å². The summed E-state index contributed by atoms with van der Waals surface area (Å²) in [6.07, 6.45) is 8.23. The molecule has 0 bridgehead atoms. The number of amides is 2. The number of ether oxygens (including phenoxy) is 5. The standard InChI is InChI=1S/C35H51N3O13S/c39-32(36-15-18-47-21-23-50-26-34(42)43)25-49-22-20-48-19-16-37-35(44)28-9-10-29(38-24-28)27-52(45,46)31-13-11-30(12-14-31)51-17-7-5-3-1-2-4-6-8-33(40)41/h9-14,24H,1-8,15-23,25-27H2,(H,36,39)(H,37,44)(H,40,41)(H,42,43). The quantitative estimate of drug-likeness (QED) is 0.0813. The molecule has 0 aliphatic rings. The van der Waals surface area contributed by atoms with E-state index >= 15 is 0 Å². The third-order valence-electron chi connectivity index (χ3n) is 7.21. The van der Waals surface area contributed by atoms with E-state index < -0.39 is 27.7 Å². The van der Waals surface area contributed by atoms with Gasteiger partial charge in [0.15, 0.2) is 9.84 Å². The summed E-state index contributed by atoms with van der Waals surface area (Å²) in [6.45, 7) is 1.67. The fourth-order valence-electron chi connectivity index (χ4n) is 4.53. The van der Waals surface area contributed by atoms with E-state index in [0.29, 0.717) is 18.1 Å². The number of carboxylic acid groups (broad SMARTS) is 2. The summed E-state index contributed by atoms with van der Waals surface area (Å²) >= 11 is 0. The Morgan fingerprint density at radius 1 is 0.635 bits per heavy atom. The summed E-state index contributed by atoms with van der Waals surface area (Å²) in [5.41, 5.74) is 0.564. The van der Waals surface area contributed by atoms with E-state index in [9.17, 15) is 27.6 Å². The number of benzene rings is 1. The van der Waals surface area contributed by atoms with Crippen LogP contribution in [0, 0.1) is 0 Å². The van der Waals surface area contributed by atoms with E-state index in [1.54, 1.807) is 12.1 Å². The first-order valence-corrected chi connectivity index (χ1v) is 18.9. The van der Waals surface area contributed by atoms with Crippen LogP contribution in [0.2, 0.25) is 0 Å². The molecule has 0 aliphatic carbocycles. The van der Waals surface area contributed by atoms with Crippen LogP contribution in [0.1, 0.15) is 67.4 Å². The smallest absolute Gasteiger partial charge is 0.329 e. The SMILES string of the molecule is O=C(O)CCCCCCCCCOc1ccc(S(=O)(=O)Cc2ccc(C(=O)NCCOCCOCC(=O)NCCOCCOCC(=O)O)cn2)cc1. The Hall–Kier alpha value is -4.16. The second-order valence-corrected chi connectivity index (χ2v) is 13.6. The Labute approximate surface area is 304 Å². The van der Waals surface area contributed by atoms with Gasteiger partial charge in [0.2, 0.25) is 5.91 Å². The van der Waals surface area contributed by atoms with Crippen LogP contribution in [0.15, 0.2) is 47.5 Å². The van der Waals surface area contributed by atoms with E-state index in [1.165, 1.54) is 30.5 Å². The maximum atomic E-state index is 12.9. The largest absolute Gasteiger partial charge is 0.494 e. The number of unbranched alkanes of at least 4 members (excludes halogenated alkanes) is 6. The number of carbonyl (C=O) groups is 4. The summed E-state index contributed by atoms with van der Waals surface area (Å²) in [5, 5.41) is 22.4. The molecule has 0 fully saturated rings. The molecule has 0 saturated heterocycles. The molecule has 1 aromatic heterocycles. The summed E-state index contributed by atoms with van der Waals surface area (Å²) < 4.78 is 52.3. The van der Waals surface area contributed by atoms with Gasteiger partial charge < -0.3 is 44.5 Å². The number of rotatable bonds is 31. The Bertz CT molecular complexity index is 1440. The number of carboxylic acids is 2. The van der Waals surface area contributed by atoms with Gasteiger partial charge in [-0.15, -0.1) is 0 Å². The van der Waals surface area contributed by atoms with Crippen LogP contribution in [-0.4, -0.2) is 120 Å². The van der Waals surface area contributed by atoms with E-state index in [-0.39, 0.29) is 94.5 Å². The first-order valence-electron chi connectivity index (χ1n) is 17.3. The van der Waals surface area contributed by atoms with Crippen LogP contribution < -0.4 is 15.4 Å². The van der Waals surface area contributed by atoms with Gasteiger partial charge in [-0.1, -0.05) is 32.1 Å². The van der Waals surface area contributed by atoms with E-state index in [2.05, 4.69) is 15.6 Å². The van der Waals surface area contributed by atoms with Crippen molar-refractivity contribution in [1.29, 1.82) is 0 Å². The molecule has 0 radical (unpaired) electrons. The van der Waals surface area contributed by atoms with Crippen molar-refractivity contribution in [2.24, 2.45) is 0 Å². The lowest BCUT2D eigenvalue weighted by Gasteiger charge is -2.09. The van der Waals surface area contributed by atoms with Crippen LogP contribution in [0.4, 0.5) is 0 Å². The van der Waals surface area contributed by atoms with E-state index in [1.807, 2.05) is 0 Å². The van der Waals surface area contributed by atoms with Gasteiger partial charge in [-0.25, -0.2) is 13.2 Å². The summed E-state index contributed by atoms with van der Waals surface area (Å²) in [5.74, 6) is -2.26. The summed E-state index contributed by atoms with van der Waals surface area (Å²) in [4.78, 5) is 49.3. The number of nitrogens with one attached hydrogen (secondary N) is 2. The predicted molar refractivity (Wildman–Crippen MR) is 188 cm³/mol. The molecule has 52 heavy (non-hydrogen) atoms. The maximum absolute atomic E-state index is 12.9. The van der Waals surface area contributed by atoms with Crippen LogP contribution in [-0.2, 0) is 48.9 Å². The number of sulfone groups is 1. The molecule has 0 atom stereocenters. The monoisotopic (exact) mass is 753 g/mol. The maximum Gasteiger partial charge on any atom is 0.329 e. The van der Waals surface area contributed by atoms with Crippen LogP contribution >= 0.6 is 0 Å². The Morgan fingerprint density at radius 2 is 1.23 bits per heavy atom. The Kier molecular flexibility index (Phi) is 22.5. The number of aromatic nitrogens is 1. The number of nitrogens with zero attached hydrogens (tertiary/aromatic N) is 1. The molecule has 2 rings (SSSR count). The van der Waals surface area contributed by atoms with Gasteiger partial charge in [-0.3, -0.25) is 19.4 Å². The van der Waals surface area contributed by atoms with Gasteiger partial charge >= 0.3 is 11.9 Å². The molecule has 1 heterocycles. The molecule has 0 spiro atoms. The van der Waals surface area contributed by atoms with Crippen LogP contribution in [0.25, 0.3) is 0 Å². The first kappa shape index (κ1) is 44.0. The third kappa shape index (κ3) is 21.3. The van der Waals surface area contributed by atoms with E-state index in [4.69, 9.17) is 33.9 Å². The second-order valence-electron chi connectivity index (χ2n) is 11.6. The van der Waals surface area contributed by atoms with Gasteiger partial charge in [0.25, 0.3) is 5.91 Å². The van der Waals surface area contributed by atoms with Crippen molar-refractivity contribution in [2.75, 3.05) is 72.6 Å². The van der Waals surface area contributed by atoms with Crippen molar-refractivity contribution in [3.8, 4) is 5.75 Å². The molecule has 4 N–H and O–H groups in total. The molecule has 1 aromatic carbocycles. The fourth-order valence-corrected chi connectivity index (χ4v) is 5.81. The summed E-state index contributed by atoms with van der Waals surface area (Å²) in [6, 6.07) is 9.26. The van der Waals surface area contributed by atoms with Gasteiger partial charge in [-0.2, -0.15) is 0 Å². The molecule has 2 aromatic rings. The molecule has 2 amide bonds. The van der Waals surface area contributed by atoms with Crippen molar-refractivity contribution in [2.45, 2.75) is 62.0 Å². The predicted octanol–water partition coefficient (Wildman–Crippen LogP) is 2.64. The fraction of sp³-hybridized carbons (Fsp3) is 0.571. The van der Waals surface area contributed by atoms with Gasteiger partial charge in [0.1, 0.15) is 19.0 Å². The average molecular weight is 754 g/mol. The highest BCUT2D eigenvalue weighted by Crippen LogP contribution is 2.20. The zero-order valence-electron chi connectivity index (χ0n) is 29.4. The number of hydrogen-bond donors (Lipinski definition) is 4. The minimum absolute atomic E-state index is 0.140. The molecular weight excluding hydrogens is 702 g/mol. The molecule has 0 unspecified atom stereocenters. The van der Waals surface area contributed by atoms with Crippen LogP contribution in [0.5, 0.6) is 5.75 Å². The molecule has 17 heteroatoms. The lowest BCUT2D eigenvalue weighted by molar-refractivity contribution is -0.143. The molecule has 16 nitrogen and oxygen atoms in total. The first-order chi connectivity index (χ1) is 25.1. The highest BCUT2D eigenvalue weighted by molar-refractivity contribution is 7.90. The van der Waals surface area contributed by atoms with Crippen molar-refractivity contribution in [3.05, 3.63) is 53.9 Å². The Morgan fingerprint density at radius 3 is 1.85 bits per heavy atom. The minimum Gasteiger partial charge on any atom is -0.494 e. The second kappa shape index (κ2) is 26.6. The number of carbonyl (C=O) groups excluding carboxylic acids is 2.